The molecule has 3 heterocycles. The van der Waals surface area contributed by atoms with Crippen molar-refractivity contribution in [3.8, 4) is 23.0 Å². The van der Waals surface area contributed by atoms with Crippen LogP contribution in [0.5, 0.6) is 23.0 Å². The topological polar surface area (TPSA) is 100 Å². The normalized spacial score (nSPS) is 30.3. The number of hydrogen-bond donors (Lipinski definition) is 0. The fourth-order valence-electron chi connectivity index (χ4n) is 16.3. The summed E-state index contributed by atoms with van der Waals surface area (Å²) >= 11 is 0. The Morgan fingerprint density at radius 1 is 0.484 bits per heavy atom. The number of nitrogens with zero attached hydrogens (tertiary/aromatic N) is 3. The number of methoxy groups -OCH3 is 4. The van der Waals surface area contributed by atoms with Gasteiger partial charge >= 0.3 is 0 Å². The fraction of sp³-hybridized carbons (Fsp3) is 0.309. The molecule has 8 aliphatic rings. The zero-order chi connectivity index (χ0) is 43.1. The minimum Gasteiger partial charge on any atom is -0.496 e. The first kappa shape index (κ1) is 36.7. The smallest absolute Gasteiger partial charge is 0.261 e. The lowest BCUT2D eigenvalue weighted by atomic mass is 9.31. The molecule has 8 atom stereocenters. The van der Waals surface area contributed by atoms with Gasteiger partial charge in [0.25, 0.3) is 11.8 Å². The van der Waals surface area contributed by atoms with Gasteiger partial charge in [0.1, 0.15) is 23.0 Å². The Labute approximate surface area is 370 Å². The summed E-state index contributed by atoms with van der Waals surface area (Å²) in [6.45, 7) is 0. The molecular weight excluding hydrogens is 799 g/mol. The van der Waals surface area contributed by atoms with Gasteiger partial charge in [-0.05, 0) is 108 Å². The van der Waals surface area contributed by atoms with Crippen molar-refractivity contribution in [2.24, 2.45) is 23.7 Å². The second-order valence-corrected chi connectivity index (χ2v) is 19.2. The maximum atomic E-state index is 14.3. The molecule has 316 valence electrons. The summed E-state index contributed by atoms with van der Waals surface area (Å²) in [7, 11) is 8.82. The Morgan fingerprint density at radius 2 is 0.797 bits per heavy atom. The number of ether oxygens (including phenoxy) is 4. The van der Waals surface area contributed by atoms with Crippen molar-refractivity contribution in [1.29, 1.82) is 0 Å². The van der Waals surface area contributed by atoms with E-state index in [0.717, 1.165) is 79.9 Å². The van der Waals surface area contributed by atoms with Crippen molar-refractivity contribution in [3.63, 3.8) is 0 Å². The van der Waals surface area contributed by atoms with E-state index in [0.29, 0.717) is 11.1 Å². The molecular formula is C55H45N3O6. The van der Waals surface area contributed by atoms with E-state index in [1.807, 2.05) is 24.5 Å². The third kappa shape index (κ3) is 3.79. The van der Waals surface area contributed by atoms with Gasteiger partial charge in [-0.25, -0.2) is 0 Å². The van der Waals surface area contributed by atoms with Gasteiger partial charge in [-0.2, -0.15) is 0 Å². The fourth-order valence-corrected chi connectivity index (χ4v) is 16.3. The van der Waals surface area contributed by atoms with E-state index in [1.54, 1.807) is 35.5 Å². The van der Waals surface area contributed by atoms with Gasteiger partial charge in [0.05, 0.1) is 51.0 Å². The zero-order valence-corrected chi connectivity index (χ0v) is 36.2. The number of amides is 2. The summed E-state index contributed by atoms with van der Waals surface area (Å²) < 4.78 is 26.3. The van der Waals surface area contributed by atoms with Gasteiger partial charge in [0, 0.05) is 74.1 Å². The lowest BCUT2D eigenvalue weighted by molar-refractivity contribution is -0.0577. The number of rotatable bonds is 6. The van der Waals surface area contributed by atoms with E-state index in [2.05, 4.69) is 84.9 Å². The second-order valence-electron chi connectivity index (χ2n) is 19.2. The predicted molar refractivity (Wildman–Crippen MR) is 241 cm³/mol. The van der Waals surface area contributed by atoms with E-state index in [9.17, 15) is 9.59 Å². The van der Waals surface area contributed by atoms with E-state index in [4.69, 9.17) is 28.9 Å². The van der Waals surface area contributed by atoms with Crippen molar-refractivity contribution in [2.75, 3.05) is 35.5 Å². The first-order chi connectivity index (χ1) is 31.4. The summed E-state index contributed by atoms with van der Waals surface area (Å²) in [6.07, 6.45) is 5.66. The number of carbonyl (C=O) groups is 2. The molecule has 7 aromatic rings. The minimum absolute atomic E-state index is 0.00504. The Balaban J connectivity index is 1.19. The van der Waals surface area contributed by atoms with Gasteiger partial charge < -0.3 is 18.9 Å². The summed E-state index contributed by atoms with van der Waals surface area (Å²) in [5, 5.41) is 4.16. The standard InChI is InChI=1S/C55H45N3O6/c1-58-52(59)30-24-36-37(25-31(30)53(58)60)55(39-19-11-13-21-57-39)45-33-22-32(40-41(33)49(62-3)27-15-7-6-14-26(27)48(40)61-2)44(45)54(36,38-18-10-12-20-56-38)46-34-23-35(47(46)55)43-42(34)50(63-4)28-16-8-9-17-29(28)51(43)64-5/h6-21,24-25,32-35,44-47H,22-23H2,1-5H3. The van der Waals surface area contributed by atoms with Crippen LogP contribution >= 0.6 is 0 Å². The Bertz CT molecular complexity index is 2920. The molecule has 3 saturated carbocycles. The lowest BCUT2D eigenvalue weighted by Gasteiger charge is -2.71. The third-order valence-corrected chi connectivity index (χ3v) is 17.6. The Kier molecular flexibility index (Phi) is 7.05. The van der Waals surface area contributed by atoms with Crippen molar-refractivity contribution in [1.82, 2.24) is 14.9 Å². The van der Waals surface area contributed by atoms with Crippen molar-refractivity contribution >= 4 is 33.4 Å². The number of carbonyl (C=O) groups excluding carboxylic acids is 2. The third-order valence-electron chi connectivity index (χ3n) is 17.6. The maximum Gasteiger partial charge on any atom is 0.261 e. The van der Waals surface area contributed by atoms with Crippen LogP contribution in [0.3, 0.4) is 0 Å². The molecule has 0 radical (unpaired) electrons. The van der Waals surface area contributed by atoms with E-state index >= 15 is 0 Å². The summed E-state index contributed by atoms with van der Waals surface area (Å²) in [5.41, 5.74) is 8.57. The molecule has 5 aromatic carbocycles. The van der Waals surface area contributed by atoms with Gasteiger partial charge in [0.15, 0.2) is 0 Å². The molecule has 0 saturated heterocycles. The first-order valence-corrected chi connectivity index (χ1v) is 22.5. The molecule has 6 bridgehead atoms. The average molecular weight is 844 g/mol. The molecule has 8 unspecified atom stereocenters. The van der Waals surface area contributed by atoms with Gasteiger partial charge in [0.2, 0.25) is 0 Å². The highest BCUT2D eigenvalue weighted by Gasteiger charge is 2.83. The highest BCUT2D eigenvalue weighted by molar-refractivity contribution is 6.21. The second kappa shape index (κ2) is 12.3. The van der Waals surface area contributed by atoms with Crippen LogP contribution in [0, 0.1) is 23.7 Å². The molecule has 0 N–H and O–H groups in total. The molecule has 0 spiro atoms. The average Bonchev–Trinajstić information content (AvgIpc) is 4.17. The summed E-state index contributed by atoms with van der Waals surface area (Å²) in [6, 6.07) is 33.9. The SMILES string of the molecule is COc1c2c(c(OC)c3ccccc13)C1CC2C2C1C1(c3ccccn3)c3cc4c(cc3C2(c2ccccn2)C2C3CC(c5c3c(OC)c3ccccc3c5OC)C21)C(=O)N(C)C4=O. The number of fused-ring (bicyclic) bond motifs is 13. The number of imide groups is 1. The van der Waals surface area contributed by atoms with E-state index in [1.165, 1.54) is 27.2 Å². The number of pyridine rings is 2. The van der Waals surface area contributed by atoms with Gasteiger partial charge in [-0.1, -0.05) is 60.7 Å². The molecule has 7 aliphatic carbocycles. The van der Waals surface area contributed by atoms with Crippen molar-refractivity contribution in [3.05, 3.63) is 165 Å². The van der Waals surface area contributed by atoms with Crippen LogP contribution in [-0.2, 0) is 10.8 Å². The molecule has 2 aromatic heterocycles. The van der Waals surface area contributed by atoms with Crippen molar-refractivity contribution in [2.45, 2.75) is 47.3 Å². The molecule has 64 heavy (non-hydrogen) atoms. The summed E-state index contributed by atoms with van der Waals surface area (Å²) in [5.74, 6) is 3.23. The first-order valence-electron chi connectivity index (χ1n) is 22.5. The number of hydrogen-bond acceptors (Lipinski definition) is 8. The zero-order valence-electron chi connectivity index (χ0n) is 36.2. The predicted octanol–water partition coefficient (Wildman–Crippen LogP) is 9.68. The summed E-state index contributed by atoms with van der Waals surface area (Å²) in [4.78, 5) is 40.8. The quantitative estimate of drug-likeness (QED) is 0.153. The van der Waals surface area contributed by atoms with Crippen LogP contribution in [0.15, 0.2) is 109 Å². The monoisotopic (exact) mass is 843 g/mol. The van der Waals surface area contributed by atoms with Crippen molar-refractivity contribution < 1.29 is 28.5 Å². The Hall–Kier alpha value is -6.74. The Morgan fingerprint density at radius 3 is 1.08 bits per heavy atom. The van der Waals surface area contributed by atoms with Crippen LogP contribution in [0.2, 0.25) is 0 Å². The van der Waals surface area contributed by atoms with Crippen LogP contribution in [0.25, 0.3) is 21.5 Å². The minimum atomic E-state index is -0.718. The van der Waals surface area contributed by atoms with Crippen LogP contribution in [0.4, 0.5) is 0 Å². The largest absolute Gasteiger partial charge is 0.496 e. The molecule has 3 fully saturated rings. The molecule has 9 nitrogen and oxygen atoms in total. The molecule has 9 heteroatoms. The maximum absolute atomic E-state index is 14.3. The highest BCUT2D eigenvalue weighted by Crippen LogP contribution is 2.87. The number of aromatic nitrogens is 2. The molecule has 15 rings (SSSR count). The van der Waals surface area contributed by atoms with E-state index < -0.39 is 10.8 Å². The molecule has 1 aliphatic heterocycles. The van der Waals surface area contributed by atoms with Crippen LogP contribution < -0.4 is 18.9 Å². The van der Waals surface area contributed by atoms with Crippen LogP contribution in [0.1, 0.15) is 102 Å². The molecule has 2 amide bonds. The van der Waals surface area contributed by atoms with Gasteiger partial charge in [-0.3, -0.25) is 24.5 Å². The highest BCUT2D eigenvalue weighted by atomic mass is 16.5. The lowest BCUT2D eigenvalue weighted by Crippen LogP contribution is -2.70. The van der Waals surface area contributed by atoms with Crippen LogP contribution in [-0.4, -0.2) is 62.2 Å². The number of benzene rings is 5. The van der Waals surface area contributed by atoms with E-state index in [-0.39, 0.29) is 59.2 Å². The van der Waals surface area contributed by atoms with Gasteiger partial charge in [-0.15, -0.1) is 0 Å².